The van der Waals surface area contributed by atoms with Crippen LogP contribution in [-0.2, 0) is 0 Å². The van der Waals surface area contributed by atoms with Gasteiger partial charge in [-0.15, -0.1) is 11.3 Å². The lowest BCUT2D eigenvalue weighted by molar-refractivity contribution is 1.41. The first-order valence-corrected chi connectivity index (χ1v) is 6.14. The fraction of sp³-hybridized carbons (Fsp3) is 0. The smallest absolute Gasteiger partial charge is 0.123 e. The lowest BCUT2D eigenvalue weighted by atomic mass is 10.2. The first kappa shape index (κ1) is 10.2. The van der Waals surface area contributed by atoms with E-state index in [9.17, 15) is 0 Å². The molecule has 1 nitrogen and oxygen atoms in total. The van der Waals surface area contributed by atoms with Crippen molar-refractivity contribution in [1.29, 1.82) is 0 Å². The summed E-state index contributed by atoms with van der Waals surface area (Å²) in [5, 5.41) is 1.03. The van der Waals surface area contributed by atoms with Crippen molar-refractivity contribution < 1.29 is 0 Å². The molecule has 17 heavy (non-hydrogen) atoms. The summed E-state index contributed by atoms with van der Waals surface area (Å²) in [5.74, 6) is 0. The molecule has 0 bridgehead atoms. The highest BCUT2D eigenvalue weighted by molar-refractivity contribution is 7.18. The third-order valence-electron chi connectivity index (χ3n) is 2.45. The summed E-state index contributed by atoms with van der Waals surface area (Å²) in [6.07, 6.45) is 1.91. The topological polar surface area (TPSA) is 12.9 Å². The Morgan fingerprint density at radius 1 is 0.941 bits per heavy atom. The summed E-state index contributed by atoms with van der Waals surface area (Å²) in [6, 6.07) is 22.0. The minimum Gasteiger partial charge on any atom is -0.244 e. The van der Waals surface area contributed by atoms with Crippen LogP contribution >= 0.6 is 11.3 Å². The number of thiazole rings is 1. The molecule has 2 aromatic carbocycles. The van der Waals surface area contributed by atoms with Crippen LogP contribution in [-0.4, -0.2) is 4.98 Å². The van der Waals surface area contributed by atoms with Gasteiger partial charge in [0.25, 0.3) is 0 Å². The first-order valence-electron chi connectivity index (χ1n) is 5.32. The second-order valence-electron chi connectivity index (χ2n) is 3.61. The van der Waals surface area contributed by atoms with Crippen LogP contribution in [0.5, 0.6) is 0 Å². The summed E-state index contributed by atoms with van der Waals surface area (Å²) >= 11 is 1.69. The quantitative estimate of drug-likeness (QED) is 0.652. The van der Waals surface area contributed by atoms with E-state index in [0.717, 1.165) is 16.1 Å². The van der Waals surface area contributed by atoms with E-state index in [2.05, 4.69) is 29.2 Å². The summed E-state index contributed by atoms with van der Waals surface area (Å²) < 4.78 is 0. The Kier molecular flexibility index (Phi) is 2.72. The SMILES string of the molecule is [c]1cccc(-c2cnc(-c3c[c]ccc3)s2)c1. The molecule has 80 valence electrons. The summed E-state index contributed by atoms with van der Waals surface area (Å²) in [7, 11) is 0. The molecule has 1 aromatic heterocycles. The van der Waals surface area contributed by atoms with Crippen LogP contribution in [0.15, 0.2) is 54.7 Å². The molecular formula is C15H9NS. The number of nitrogens with zero attached hydrogens (tertiary/aromatic N) is 1. The van der Waals surface area contributed by atoms with Gasteiger partial charge in [-0.25, -0.2) is 4.98 Å². The van der Waals surface area contributed by atoms with Gasteiger partial charge in [0, 0.05) is 11.8 Å². The molecule has 3 rings (SSSR count). The summed E-state index contributed by atoms with van der Waals surface area (Å²) in [6.45, 7) is 0. The van der Waals surface area contributed by atoms with Crippen molar-refractivity contribution in [1.82, 2.24) is 4.98 Å². The van der Waals surface area contributed by atoms with Gasteiger partial charge in [-0.2, -0.15) is 0 Å². The molecule has 0 saturated heterocycles. The van der Waals surface area contributed by atoms with Crippen LogP contribution < -0.4 is 0 Å². The Bertz CT molecular complexity index is 545. The zero-order chi connectivity index (χ0) is 11.5. The molecule has 2 radical (unpaired) electrons. The van der Waals surface area contributed by atoms with Gasteiger partial charge in [-0.3, -0.25) is 0 Å². The van der Waals surface area contributed by atoms with Gasteiger partial charge in [0.15, 0.2) is 0 Å². The lowest BCUT2D eigenvalue weighted by Gasteiger charge is -1.94. The van der Waals surface area contributed by atoms with Crippen molar-refractivity contribution in [3.63, 3.8) is 0 Å². The highest BCUT2D eigenvalue weighted by Crippen LogP contribution is 2.31. The zero-order valence-corrected chi connectivity index (χ0v) is 9.87. The Morgan fingerprint density at radius 2 is 1.65 bits per heavy atom. The molecule has 0 amide bonds. The molecule has 0 fully saturated rings. The van der Waals surface area contributed by atoms with Gasteiger partial charge in [-0.1, -0.05) is 36.4 Å². The molecule has 2 heteroatoms. The average Bonchev–Trinajstić information content (AvgIpc) is 2.90. The molecule has 0 atom stereocenters. The van der Waals surface area contributed by atoms with Gasteiger partial charge < -0.3 is 0 Å². The van der Waals surface area contributed by atoms with Gasteiger partial charge >= 0.3 is 0 Å². The van der Waals surface area contributed by atoms with E-state index >= 15 is 0 Å². The second kappa shape index (κ2) is 4.52. The van der Waals surface area contributed by atoms with Crippen molar-refractivity contribution in [3.8, 4) is 21.0 Å². The van der Waals surface area contributed by atoms with E-state index in [1.165, 1.54) is 4.88 Å². The Morgan fingerprint density at radius 3 is 2.29 bits per heavy atom. The number of hydrogen-bond acceptors (Lipinski definition) is 2. The number of rotatable bonds is 2. The molecule has 0 unspecified atom stereocenters. The van der Waals surface area contributed by atoms with Crippen molar-refractivity contribution in [3.05, 3.63) is 66.9 Å². The maximum Gasteiger partial charge on any atom is 0.123 e. The lowest BCUT2D eigenvalue weighted by Crippen LogP contribution is -1.71. The Balaban J connectivity index is 1.99. The van der Waals surface area contributed by atoms with Crippen molar-refractivity contribution in [2.75, 3.05) is 0 Å². The van der Waals surface area contributed by atoms with Crippen molar-refractivity contribution >= 4 is 11.3 Å². The van der Waals surface area contributed by atoms with Crippen LogP contribution in [0.25, 0.3) is 21.0 Å². The molecule has 0 aliphatic heterocycles. The fourth-order valence-corrected chi connectivity index (χ4v) is 2.52. The second-order valence-corrected chi connectivity index (χ2v) is 4.64. The van der Waals surface area contributed by atoms with Crippen LogP contribution in [0, 0.1) is 12.1 Å². The molecule has 0 N–H and O–H groups in total. The third kappa shape index (κ3) is 2.12. The van der Waals surface area contributed by atoms with Gasteiger partial charge in [0.1, 0.15) is 5.01 Å². The van der Waals surface area contributed by atoms with Crippen LogP contribution in [0.4, 0.5) is 0 Å². The molecular weight excluding hydrogens is 226 g/mol. The Labute approximate surface area is 104 Å². The highest BCUT2D eigenvalue weighted by Gasteiger charge is 2.05. The molecule has 0 aliphatic carbocycles. The predicted octanol–water partition coefficient (Wildman–Crippen LogP) is 4.08. The third-order valence-corrected chi connectivity index (χ3v) is 3.55. The highest BCUT2D eigenvalue weighted by atomic mass is 32.1. The van der Waals surface area contributed by atoms with Crippen molar-refractivity contribution in [2.45, 2.75) is 0 Å². The number of aromatic nitrogens is 1. The number of benzene rings is 2. The predicted molar refractivity (Wildman–Crippen MR) is 70.7 cm³/mol. The van der Waals surface area contributed by atoms with E-state index in [0.29, 0.717) is 0 Å². The maximum atomic E-state index is 4.45. The fourth-order valence-electron chi connectivity index (χ4n) is 1.61. The van der Waals surface area contributed by atoms with Crippen LogP contribution in [0.3, 0.4) is 0 Å². The number of hydrogen-bond donors (Lipinski definition) is 0. The monoisotopic (exact) mass is 235 g/mol. The summed E-state index contributed by atoms with van der Waals surface area (Å²) in [4.78, 5) is 5.61. The van der Waals surface area contributed by atoms with E-state index in [1.807, 2.05) is 42.6 Å². The summed E-state index contributed by atoms with van der Waals surface area (Å²) in [5.41, 5.74) is 2.28. The zero-order valence-electron chi connectivity index (χ0n) is 9.05. The molecule has 0 aliphatic rings. The van der Waals surface area contributed by atoms with Crippen LogP contribution in [0.2, 0.25) is 0 Å². The standard InChI is InChI=1S/C15H9NS/c1-3-7-12(8-4-1)14-11-16-15(17-14)13-9-5-2-6-10-13/h1-3,5,7-11H. The molecule has 0 spiro atoms. The largest absolute Gasteiger partial charge is 0.244 e. The van der Waals surface area contributed by atoms with Gasteiger partial charge in [0.2, 0.25) is 0 Å². The van der Waals surface area contributed by atoms with E-state index < -0.39 is 0 Å². The minimum atomic E-state index is 1.03. The van der Waals surface area contributed by atoms with Crippen molar-refractivity contribution in [2.24, 2.45) is 0 Å². The Hall–Kier alpha value is -1.93. The minimum absolute atomic E-state index is 1.03. The van der Waals surface area contributed by atoms with E-state index in [1.54, 1.807) is 11.3 Å². The first-order chi connectivity index (χ1) is 8.43. The van der Waals surface area contributed by atoms with Gasteiger partial charge in [0.05, 0.1) is 4.88 Å². The normalized spacial score (nSPS) is 10.4. The van der Waals surface area contributed by atoms with Gasteiger partial charge in [-0.05, 0) is 29.8 Å². The van der Waals surface area contributed by atoms with Crippen LogP contribution in [0.1, 0.15) is 0 Å². The average molecular weight is 235 g/mol. The maximum absolute atomic E-state index is 4.45. The molecule has 0 saturated carbocycles. The molecule has 3 aromatic rings. The van der Waals surface area contributed by atoms with E-state index in [4.69, 9.17) is 0 Å². The molecule has 1 heterocycles. The van der Waals surface area contributed by atoms with E-state index in [-0.39, 0.29) is 0 Å².